The molecule has 2 amide bonds. The lowest BCUT2D eigenvalue weighted by molar-refractivity contribution is -0.132. The first-order valence-corrected chi connectivity index (χ1v) is 8.91. The molecule has 0 aromatic heterocycles. The summed E-state index contributed by atoms with van der Waals surface area (Å²) in [5.41, 5.74) is 6.84. The van der Waals surface area contributed by atoms with E-state index >= 15 is 0 Å². The third-order valence-electron chi connectivity index (χ3n) is 4.64. The van der Waals surface area contributed by atoms with Crippen molar-refractivity contribution in [2.45, 2.75) is 39.2 Å². The van der Waals surface area contributed by atoms with Gasteiger partial charge in [-0.15, -0.1) is 0 Å². The Morgan fingerprint density at radius 2 is 2.16 bits per heavy atom. The van der Waals surface area contributed by atoms with Gasteiger partial charge < -0.3 is 20.3 Å². The highest BCUT2D eigenvalue weighted by Crippen LogP contribution is 2.25. The first-order valence-electron chi connectivity index (χ1n) is 8.91. The molecule has 1 aliphatic heterocycles. The molecular formula is C19H29N3O3. The summed E-state index contributed by atoms with van der Waals surface area (Å²) in [6, 6.07) is 7.42. The predicted molar refractivity (Wildman–Crippen MR) is 98.6 cm³/mol. The fourth-order valence-electron chi connectivity index (χ4n) is 2.72. The van der Waals surface area contributed by atoms with Crippen molar-refractivity contribution in [1.82, 2.24) is 4.90 Å². The molecule has 0 saturated carbocycles. The summed E-state index contributed by atoms with van der Waals surface area (Å²) >= 11 is 0. The van der Waals surface area contributed by atoms with Gasteiger partial charge in [-0.05, 0) is 30.9 Å². The molecule has 6 heteroatoms. The van der Waals surface area contributed by atoms with Gasteiger partial charge in [-0.3, -0.25) is 9.59 Å². The largest absolute Gasteiger partial charge is 0.484 e. The molecule has 138 valence electrons. The Morgan fingerprint density at radius 3 is 2.80 bits per heavy atom. The number of nitrogens with two attached hydrogens (primary N) is 1. The summed E-state index contributed by atoms with van der Waals surface area (Å²) in [5.74, 6) is 1.04. The number of hydrogen-bond donors (Lipinski definition) is 1. The second-order valence-corrected chi connectivity index (χ2v) is 6.95. The Bertz CT molecular complexity index is 603. The van der Waals surface area contributed by atoms with E-state index in [1.807, 2.05) is 18.2 Å². The van der Waals surface area contributed by atoms with Gasteiger partial charge in [0.1, 0.15) is 5.75 Å². The van der Waals surface area contributed by atoms with Crippen molar-refractivity contribution in [3.63, 3.8) is 0 Å². The van der Waals surface area contributed by atoms with Crippen LogP contribution >= 0.6 is 0 Å². The highest BCUT2D eigenvalue weighted by molar-refractivity contribution is 5.95. The first kappa shape index (κ1) is 19.2. The zero-order valence-electron chi connectivity index (χ0n) is 15.4. The Labute approximate surface area is 149 Å². The Morgan fingerprint density at radius 1 is 1.40 bits per heavy atom. The highest BCUT2D eigenvalue weighted by atomic mass is 16.5. The molecule has 1 fully saturated rings. The minimum Gasteiger partial charge on any atom is -0.484 e. The van der Waals surface area contributed by atoms with E-state index < -0.39 is 0 Å². The van der Waals surface area contributed by atoms with Crippen molar-refractivity contribution in [2.24, 2.45) is 11.7 Å². The molecule has 0 bridgehead atoms. The molecule has 1 atom stereocenters. The average Bonchev–Trinajstić information content (AvgIpc) is 3.03. The molecule has 1 unspecified atom stereocenters. The number of amides is 2. The second-order valence-electron chi connectivity index (χ2n) is 6.95. The summed E-state index contributed by atoms with van der Waals surface area (Å²) in [7, 11) is 1.76. The SMILES string of the molecule is CC(C)C(N)CCN(C)C(=O)COc1cccc(N2CCCC2=O)c1. The van der Waals surface area contributed by atoms with Gasteiger partial charge in [-0.1, -0.05) is 19.9 Å². The lowest BCUT2D eigenvalue weighted by atomic mass is 10.0. The summed E-state index contributed by atoms with van der Waals surface area (Å²) in [5, 5.41) is 0. The molecule has 2 rings (SSSR count). The van der Waals surface area contributed by atoms with Crippen LogP contribution in [0.2, 0.25) is 0 Å². The molecule has 2 N–H and O–H groups in total. The van der Waals surface area contributed by atoms with Crippen LogP contribution in [0.1, 0.15) is 33.1 Å². The predicted octanol–water partition coefficient (Wildman–Crippen LogP) is 2.02. The average molecular weight is 347 g/mol. The van der Waals surface area contributed by atoms with Crippen LogP contribution in [0.15, 0.2) is 24.3 Å². The van der Waals surface area contributed by atoms with E-state index in [0.29, 0.717) is 24.6 Å². The van der Waals surface area contributed by atoms with Crippen LogP contribution in [0.25, 0.3) is 0 Å². The molecular weight excluding hydrogens is 318 g/mol. The van der Waals surface area contributed by atoms with Crippen molar-refractivity contribution in [2.75, 3.05) is 31.6 Å². The van der Waals surface area contributed by atoms with Crippen LogP contribution < -0.4 is 15.4 Å². The minimum absolute atomic E-state index is 0.0230. The maximum absolute atomic E-state index is 12.2. The maximum Gasteiger partial charge on any atom is 0.260 e. The molecule has 0 aliphatic carbocycles. The fourth-order valence-corrected chi connectivity index (χ4v) is 2.72. The highest BCUT2D eigenvalue weighted by Gasteiger charge is 2.22. The van der Waals surface area contributed by atoms with Gasteiger partial charge in [0.15, 0.2) is 6.61 Å². The number of carbonyl (C=O) groups excluding carboxylic acids is 2. The van der Waals surface area contributed by atoms with E-state index in [1.165, 1.54) is 0 Å². The van der Waals surface area contributed by atoms with Crippen LogP contribution in [0, 0.1) is 5.92 Å². The number of carbonyl (C=O) groups is 2. The number of anilines is 1. The smallest absolute Gasteiger partial charge is 0.260 e. The second kappa shape index (κ2) is 8.85. The van der Waals surface area contributed by atoms with Gasteiger partial charge in [0.05, 0.1) is 0 Å². The summed E-state index contributed by atoms with van der Waals surface area (Å²) in [6.45, 7) is 5.48. The number of nitrogens with zero attached hydrogens (tertiary/aromatic N) is 2. The molecule has 25 heavy (non-hydrogen) atoms. The van der Waals surface area contributed by atoms with E-state index in [4.69, 9.17) is 10.5 Å². The number of benzene rings is 1. The van der Waals surface area contributed by atoms with E-state index in [2.05, 4.69) is 13.8 Å². The lowest BCUT2D eigenvalue weighted by Gasteiger charge is -2.22. The van der Waals surface area contributed by atoms with Gasteiger partial charge in [0.2, 0.25) is 5.91 Å². The van der Waals surface area contributed by atoms with Crippen LogP contribution in [0.5, 0.6) is 5.75 Å². The summed E-state index contributed by atoms with van der Waals surface area (Å²) < 4.78 is 5.62. The number of hydrogen-bond acceptors (Lipinski definition) is 4. The molecule has 1 heterocycles. The van der Waals surface area contributed by atoms with Crippen molar-refractivity contribution < 1.29 is 14.3 Å². The topological polar surface area (TPSA) is 75.9 Å². The first-order chi connectivity index (χ1) is 11.9. The lowest BCUT2D eigenvalue weighted by Crippen LogP contribution is -2.36. The molecule has 0 radical (unpaired) electrons. The molecule has 1 saturated heterocycles. The monoisotopic (exact) mass is 347 g/mol. The third-order valence-corrected chi connectivity index (χ3v) is 4.64. The quantitative estimate of drug-likeness (QED) is 0.781. The van der Waals surface area contributed by atoms with Gasteiger partial charge in [0, 0.05) is 44.4 Å². The van der Waals surface area contributed by atoms with Gasteiger partial charge in [-0.25, -0.2) is 0 Å². The van der Waals surface area contributed by atoms with E-state index in [-0.39, 0.29) is 24.5 Å². The van der Waals surface area contributed by atoms with Crippen molar-refractivity contribution >= 4 is 17.5 Å². The van der Waals surface area contributed by atoms with Crippen LogP contribution in [-0.2, 0) is 9.59 Å². The van der Waals surface area contributed by atoms with Crippen LogP contribution in [0.3, 0.4) is 0 Å². The van der Waals surface area contributed by atoms with Crippen LogP contribution in [-0.4, -0.2) is 49.5 Å². The van der Waals surface area contributed by atoms with E-state index in [9.17, 15) is 9.59 Å². The standard InChI is InChI=1S/C19H29N3O3/c1-14(2)17(20)9-11-21(3)19(24)13-25-16-7-4-6-15(12-16)22-10-5-8-18(22)23/h4,6-7,12,14,17H,5,8-11,13,20H2,1-3H3. The summed E-state index contributed by atoms with van der Waals surface area (Å²) in [6.07, 6.45) is 2.24. The minimum atomic E-state index is -0.0846. The molecule has 0 spiro atoms. The van der Waals surface area contributed by atoms with Crippen molar-refractivity contribution in [1.29, 1.82) is 0 Å². The van der Waals surface area contributed by atoms with Crippen molar-refractivity contribution in [3.8, 4) is 5.75 Å². The molecule has 1 aromatic carbocycles. The van der Waals surface area contributed by atoms with Gasteiger partial charge in [0.25, 0.3) is 5.91 Å². The molecule has 1 aromatic rings. The van der Waals surface area contributed by atoms with Crippen LogP contribution in [0.4, 0.5) is 5.69 Å². The Kier molecular flexibility index (Phi) is 6.82. The number of rotatable bonds is 8. The van der Waals surface area contributed by atoms with Gasteiger partial charge >= 0.3 is 0 Å². The Hall–Kier alpha value is -2.08. The maximum atomic E-state index is 12.2. The van der Waals surface area contributed by atoms with E-state index in [0.717, 1.165) is 25.1 Å². The number of ether oxygens (including phenoxy) is 1. The zero-order chi connectivity index (χ0) is 18.4. The third kappa shape index (κ3) is 5.46. The fraction of sp³-hybridized carbons (Fsp3) is 0.579. The van der Waals surface area contributed by atoms with Gasteiger partial charge in [-0.2, -0.15) is 0 Å². The normalized spacial score (nSPS) is 15.6. The number of likely N-dealkylation sites (N-methyl/N-ethyl adjacent to an activating group) is 1. The zero-order valence-corrected chi connectivity index (χ0v) is 15.4. The molecule has 1 aliphatic rings. The van der Waals surface area contributed by atoms with Crippen molar-refractivity contribution in [3.05, 3.63) is 24.3 Å². The van der Waals surface area contributed by atoms with E-state index in [1.54, 1.807) is 22.9 Å². The molecule has 6 nitrogen and oxygen atoms in total. The summed E-state index contributed by atoms with van der Waals surface area (Å²) in [4.78, 5) is 27.4. The Balaban J connectivity index is 1.84.